The summed E-state index contributed by atoms with van der Waals surface area (Å²) in [4.78, 5) is 1.45. The Kier molecular flexibility index (Phi) is 9.35. The molecule has 0 saturated heterocycles. The summed E-state index contributed by atoms with van der Waals surface area (Å²) in [6, 6.07) is 7.19. The van der Waals surface area contributed by atoms with Crippen LogP contribution in [0.25, 0.3) is 5.70 Å². The van der Waals surface area contributed by atoms with E-state index in [-0.39, 0.29) is 32.7 Å². The van der Waals surface area contributed by atoms with E-state index in [9.17, 15) is 8.78 Å². The minimum absolute atomic E-state index is 0. The second kappa shape index (κ2) is 10.4. The van der Waals surface area contributed by atoms with Gasteiger partial charge in [-0.3, -0.25) is 0 Å². The summed E-state index contributed by atoms with van der Waals surface area (Å²) in [5, 5.41) is 0. The van der Waals surface area contributed by atoms with E-state index in [1.807, 2.05) is 12.1 Å². The fraction of sp³-hybridized carbons (Fsp3) is 0.294. The van der Waals surface area contributed by atoms with E-state index in [4.69, 9.17) is 9.47 Å². The Morgan fingerprint density at radius 3 is 2.50 bits per heavy atom. The van der Waals surface area contributed by atoms with E-state index in [0.29, 0.717) is 34.8 Å². The number of benzene rings is 1. The molecule has 1 aliphatic rings. The molecule has 1 heterocycles. The second-order valence-corrected chi connectivity index (χ2v) is 5.65. The first-order valence-corrected chi connectivity index (χ1v) is 7.78. The van der Waals surface area contributed by atoms with Crippen LogP contribution in [0.4, 0.5) is 8.78 Å². The van der Waals surface area contributed by atoms with Crippen molar-refractivity contribution in [3.8, 4) is 5.75 Å². The van der Waals surface area contributed by atoms with Gasteiger partial charge in [-0.15, -0.1) is 28.1 Å². The summed E-state index contributed by atoms with van der Waals surface area (Å²) >= 11 is 3.30. The fourth-order valence-corrected chi connectivity index (χ4v) is 2.42. The van der Waals surface area contributed by atoms with Crippen molar-refractivity contribution in [3.05, 3.63) is 58.7 Å². The van der Waals surface area contributed by atoms with Gasteiger partial charge in [0.05, 0.1) is 13.2 Å². The molecule has 3 nitrogen and oxygen atoms in total. The van der Waals surface area contributed by atoms with Gasteiger partial charge < -0.3 is 14.4 Å². The van der Waals surface area contributed by atoms with Crippen molar-refractivity contribution in [1.29, 1.82) is 0 Å². The van der Waals surface area contributed by atoms with Crippen molar-refractivity contribution in [2.45, 2.75) is 6.43 Å². The molecule has 1 aromatic carbocycles. The van der Waals surface area contributed by atoms with Crippen LogP contribution in [0.5, 0.6) is 5.75 Å². The number of halogens is 3. The molecule has 127 valence electrons. The van der Waals surface area contributed by atoms with Crippen molar-refractivity contribution >= 4 is 21.6 Å². The first kappa shape index (κ1) is 21.5. The monoisotopic (exact) mass is 473 g/mol. The first-order chi connectivity index (χ1) is 11.0. The standard InChI is InChI=1S/C17H17BrF2NO2.Y/c1-12-15(18)7-8-16(21(12)11-17(19)20)13-3-5-14(6-4-13)23-10-9-22-2;/h3-7,17H,1,9-11H2,2H3;/q-1;. The Labute approximate surface area is 174 Å². The van der Waals surface area contributed by atoms with Crippen LogP contribution in [-0.2, 0) is 37.4 Å². The average molecular weight is 474 g/mol. The Morgan fingerprint density at radius 2 is 1.92 bits per heavy atom. The number of allylic oxidation sites excluding steroid dienone is 3. The average Bonchev–Trinajstić information content (AvgIpc) is 2.53. The van der Waals surface area contributed by atoms with Gasteiger partial charge in [0.2, 0.25) is 0 Å². The van der Waals surface area contributed by atoms with Crippen molar-refractivity contribution in [1.82, 2.24) is 4.90 Å². The summed E-state index contributed by atoms with van der Waals surface area (Å²) in [5.74, 6) is 0.693. The third-order valence-corrected chi connectivity index (χ3v) is 3.90. The zero-order valence-corrected chi connectivity index (χ0v) is 17.7. The van der Waals surface area contributed by atoms with Gasteiger partial charge in [0.25, 0.3) is 6.43 Å². The number of rotatable bonds is 7. The van der Waals surface area contributed by atoms with Crippen LogP contribution in [0, 0.1) is 6.08 Å². The van der Waals surface area contributed by atoms with E-state index < -0.39 is 13.0 Å². The Balaban J connectivity index is 0.00000288. The normalized spacial score (nSPS) is 14.2. The van der Waals surface area contributed by atoms with Gasteiger partial charge in [-0.2, -0.15) is 12.2 Å². The molecule has 0 bridgehead atoms. The fourth-order valence-electron chi connectivity index (χ4n) is 2.09. The smallest absolute Gasteiger partial charge is 0.256 e. The molecule has 7 heteroatoms. The topological polar surface area (TPSA) is 21.7 Å². The third kappa shape index (κ3) is 5.76. The molecule has 1 aliphatic heterocycles. The molecule has 0 N–H and O–H groups in total. The van der Waals surface area contributed by atoms with Crippen LogP contribution in [0.15, 0.2) is 47.1 Å². The predicted octanol–water partition coefficient (Wildman–Crippen LogP) is 4.23. The molecule has 0 aliphatic carbocycles. The van der Waals surface area contributed by atoms with Crippen LogP contribution in [0.3, 0.4) is 0 Å². The van der Waals surface area contributed by atoms with Gasteiger partial charge in [-0.25, -0.2) is 8.78 Å². The molecule has 0 fully saturated rings. The van der Waals surface area contributed by atoms with E-state index in [2.05, 4.69) is 28.6 Å². The SMILES string of the molecule is C=C1C(Br)=C[C-]=C(c2ccc(OCCOC)cc2)N1CC(F)F.[Y]. The number of hydrogen-bond acceptors (Lipinski definition) is 3. The molecule has 2 rings (SSSR count). The number of alkyl halides is 2. The van der Waals surface area contributed by atoms with Gasteiger partial charge in [0.1, 0.15) is 12.4 Å². The van der Waals surface area contributed by atoms with E-state index in [0.717, 1.165) is 5.56 Å². The number of ether oxygens (including phenoxy) is 2. The summed E-state index contributed by atoms with van der Waals surface area (Å²) in [5.41, 5.74) is 1.81. The maximum Gasteiger partial charge on any atom is 0.256 e. The zero-order chi connectivity index (χ0) is 16.8. The summed E-state index contributed by atoms with van der Waals surface area (Å²) in [6.45, 7) is 4.37. The van der Waals surface area contributed by atoms with Crippen LogP contribution in [0.2, 0.25) is 0 Å². The van der Waals surface area contributed by atoms with E-state index in [1.54, 1.807) is 25.3 Å². The largest absolute Gasteiger partial charge is 0.491 e. The molecule has 0 atom stereocenters. The van der Waals surface area contributed by atoms with Crippen LogP contribution in [-0.4, -0.2) is 38.2 Å². The number of nitrogens with zero attached hydrogens (tertiary/aromatic N) is 1. The van der Waals surface area contributed by atoms with Gasteiger partial charge >= 0.3 is 0 Å². The molecule has 0 unspecified atom stereocenters. The molecule has 1 aromatic rings. The summed E-state index contributed by atoms with van der Waals surface area (Å²) in [7, 11) is 1.61. The van der Waals surface area contributed by atoms with E-state index >= 15 is 0 Å². The molecular weight excluding hydrogens is 457 g/mol. The summed E-state index contributed by atoms with van der Waals surface area (Å²) < 4.78 is 36.8. The minimum atomic E-state index is -2.47. The number of methoxy groups -OCH3 is 1. The van der Waals surface area contributed by atoms with Crippen LogP contribution in [0.1, 0.15) is 5.56 Å². The predicted molar refractivity (Wildman–Crippen MR) is 89.3 cm³/mol. The molecular formula is C17H17BrF2NO2Y-. The molecule has 1 radical (unpaired) electrons. The Hall–Kier alpha value is -0.556. The molecule has 0 saturated carbocycles. The maximum atomic E-state index is 12.9. The van der Waals surface area contributed by atoms with Crippen LogP contribution >= 0.6 is 15.9 Å². The quantitative estimate of drug-likeness (QED) is 0.437. The van der Waals surface area contributed by atoms with Gasteiger partial charge in [-0.05, 0) is 17.8 Å². The summed E-state index contributed by atoms with van der Waals surface area (Å²) in [6.07, 6.45) is 2.23. The van der Waals surface area contributed by atoms with Gasteiger partial charge in [0.15, 0.2) is 0 Å². The zero-order valence-electron chi connectivity index (χ0n) is 13.3. The molecule has 0 amide bonds. The first-order valence-electron chi connectivity index (χ1n) is 6.99. The molecule has 0 aromatic heterocycles. The molecule has 24 heavy (non-hydrogen) atoms. The van der Waals surface area contributed by atoms with Crippen molar-refractivity contribution in [2.24, 2.45) is 0 Å². The van der Waals surface area contributed by atoms with Crippen LogP contribution < -0.4 is 4.74 Å². The number of hydrogen-bond donors (Lipinski definition) is 0. The second-order valence-electron chi connectivity index (χ2n) is 4.80. The maximum absolute atomic E-state index is 12.9. The van der Waals surface area contributed by atoms with Gasteiger partial charge in [0, 0.05) is 39.8 Å². The van der Waals surface area contributed by atoms with Crippen molar-refractivity contribution in [3.63, 3.8) is 0 Å². The van der Waals surface area contributed by atoms with Crippen molar-refractivity contribution in [2.75, 3.05) is 26.9 Å². The van der Waals surface area contributed by atoms with Gasteiger partial charge in [-0.1, -0.05) is 22.3 Å². The Bertz CT molecular complexity index is 618. The minimum Gasteiger partial charge on any atom is -0.491 e. The third-order valence-electron chi connectivity index (χ3n) is 3.21. The van der Waals surface area contributed by atoms with Crippen molar-refractivity contribution < 1.29 is 51.0 Å². The molecule has 0 spiro atoms. The Morgan fingerprint density at radius 1 is 1.25 bits per heavy atom. The van der Waals surface area contributed by atoms with E-state index in [1.165, 1.54) is 4.90 Å².